The molecule has 5 heteroatoms. The molecule has 0 saturated heterocycles. The van der Waals surface area contributed by atoms with E-state index in [1.54, 1.807) is 14.0 Å². The van der Waals surface area contributed by atoms with E-state index >= 15 is 0 Å². The summed E-state index contributed by atoms with van der Waals surface area (Å²) in [5, 5.41) is 3.98. The SMILES string of the molecule is COC(c1noc(C(C(C)=O)C(C)C)n1)C(C)(C)C. The number of ketones is 1. The summed E-state index contributed by atoms with van der Waals surface area (Å²) >= 11 is 0. The molecular formula is C14H24N2O3. The van der Waals surface area contributed by atoms with E-state index in [1.165, 1.54) is 0 Å². The molecule has 108 valence electrons. The Balaban J connectivity index is 3.08. The van der Waals surface area contributed by atoms with E-state index < -0.39 is 0 Å². The highest BCUT2D eigenvalue weighted by Gasteiger charge is 2.33. The summed E-state index contributed by atoms with van der Waals surface area (Å²) in [5.41, 5.74) is -0.139. The van der Waals surface area contributed by atoms with Gasteiger partial charge in [0, 0.05) is 7.11 Å². The fourth-order valence-corrected chi connectivity index (χ4v) is 2.25. The lowest BCUT2D eigenvalue weighted by Crippen LogP contribution is -2.21. The molecule has 0 aliphatic carbocycles. The summed E-state index contributed by atoms with van der Waals surface area (Å²) < 4.78 is 10.7. The highest BCUT2D eigenvalue weighted by atomic mass is 16.5. The Hall–Kier alpha value is -1.23. The summed E-state index contributed by atoms with van der Waals surface area (Å²) in [5.74, 6) is 0.691. The van der Waals surface area contributed by atoms with Crippen molar-refractivity contribution in [3.05, 3.63) is 11.7 Å². The minimum atomic E-state index is -0.348. The predicted octanol–water partition coefficient (Wildman–Crippen LogP) is 3.13. The molecule has 2 unspecified atom stereocenters. The summed E-state index contributed by atoms with van der Waals surface area (Å²) in [7, 11) is 1.62. The second-order valence-corrected chi connectivity index (χ2v) is 6.30. The van der Waals surface area contributed by atoms with Crippen LogP contribution in [0.4, 0.5) is 0 Å². The van der Waals surface area contributed by atoms with Gasteiger partial charge in [-0.15, -0.1) is 0 Å². The zero-order valence-electron chi connectivity index (χ0n) is 12.9. The standard InChI is InChI=1S/C14H24N2O3/c1-8(2)10(9(3)17)13-15-12(16-19-13)11(18-7)14(4,5)6/h8,10-11H,1-7H3. The number of ether oxygens (including phenoxy) is 1. The molecule has 5 nitrogen and oxygen atoms in total. The minimum Gasteiger partial charge on any atom is -0.373 e. The van der Waals surface area contributed by atoms with E-state index in [2.05, 4.69) is 10.1 Å². The summed E-state index contributed by atoms with van der Waals surface area (Å²) in [6.07, 6.45) is -0.259. The molecule has 0 spiro atoms. The van der Waals surface area contributed by atoms with Crippen molar-refractivity contribution in [2.75, 3.05) is 7.11 Å². The Morgan fingerprint density at radius 2 is 1.89 bits per heavy atom. The van der Waals surface area contributed by atoms with Gasteiger partial charge in [-0.3, -0.25) is 4.79 Å². The molecule has 0 saturated carbocycles. The molecule has 0 bridgehead atoms. The van der Waals surface area contributed by atoms with Gasteiger partial charge in [-0.25, -0.2) is 0 Å². The zero-order valence-corrected chi connectivity index (χ0v) is 12.9. The molecule has 1 rings (SSSR count). The van der Waals surface area contributed by atoms with Crippen LogP contribution in [0.15, 0.2) is 4.52 Å². The molecular weight excluding hydrogens is 244 g/mol. The molecule has 1 heterocycles. The number of methoxy groups -OCH3 is 1. The number of hydrogen-bond acceptors (Lipinski definition) is 5. The number of carbonyl (C=O) groups is 1. The molecule has 0 aromatic carbocycles. The van der Waals surface area contributed by atoms with E-state index in [-0.39, 0.29) is 29.1 Å². The molecule has 0 amide bonds. The zero-order chi connectivity index (χ0) is 14.8. The number of Topliss-reactive ketones (excluding diaryl/α,β-unsaturated/α-hetero) is 1. The Morgan fingerprint density at radius 3 is 2.26 bits per heavy atom. The third kappa shape index (κ3) is 3.62. The fourth-order valence-electron chi connectivity index (χ4n) is 2.25. The van der Waals surface area contributed by atoms with Gasteiger partial charge in [0.05, 0.1) is 5.92 Å². The van der Waals surface area contributed by atoms with Gasteiger partial charge in [0.1, 0.15) is 11.9 Å². The minimum absolute atomic E-state index is 0.0370. The Morgan fingerprint density at radius 1 is 1.32 bits per heavy atom. The third-order valence-corrected chi connectivity index (χ3v) is 3.08. The summed E-state index contributed by atoms with van der Waals surface area (Å²) in [6.45, 7) is 11.6. The number of carbonyl (C=O) groups excluding carboxylic acids is 1. The van der Waals surface area contributed by atoms with Gasteiger partial charge in [-0.2, -0.15) is 4.98 Å². The Bertz CT molecular complexity index is 432. The molecule has 2 atom stereocenters. The molecule has 0 aliphatic heterocycles. The van der Waals surface area contributed by atoms with Crippen LogP contribution in [0.3, 0.4) is 0 Å². The second kappa shape index (κ2) is 5.82. The van der Waals surface area contributed by atoms with Crippen molar-refractivity contribution in [1.82, 2.24) is 10.1 Å². The lowest BCUT2D eigenvalue weighted by atomic mass is 9.88. The Kier molecular flexibility index (Phi) is 4.85. The molecule has 0 N–H and O–H groups in total. The maximum atomic E-state index is 11.7. The van der Waals surface area contributed by atoms with E-state index in [4.69, 9.17) is 9.26 Å². The second-order valence-electron chi connectivity index (χ2n) is 6.30. The third-order valence-electron chi connectivity index (χ3n) is 3.08. The number of hydrogen-bond donors (Lipinski definition) is 0. The van der Waals surface area contributed by atoms with Gasteiger partial charge in [0.2, 0.25) is 11.7 Å². The van der Waals surface area contributed by atoms with Crippen LogP contribution in [0, 0.1) is 11.3 Å². The molecule has 0 aliphatic rings. The normalized spacial score (nSPS) is 15.6. The van der Waals surface area contributed by atoms with Gasteiger partial charge in [-0.05, 0) is 18.3 Å². The fraction of sp³-hybridized carbons (Fsp3) is 0.786. The average molecular weight is 268 g/mol. The van der Waals surface area contributed by atoms with Crippen molar-refractivity contribution in [1.29, 1.82) is 0 Å². The smallest absolute Gasteiger partial charge is 0.237 e. The first-order valence-corrected chi connectivity index (χ1v) is 6.55. The van der Waals surface area contributed by atoms with Crippen molar-refractivity contribution >= 4 is 5.78 Å². The van der Waals surface area contributed by atoms with Crippen LogP contribution >= 0.6 is 0 Å². The number of aromatic nitrogens is 2. The first kappa shape index (κ1) is 15.8. The lowest BCUT2D eigenvalue weighted by Gasteiger charge is -2.26. The molecule has 1 aromatic heterocycles. The predicted molar refractivity (Wildman–Crippen MR) is 71.8 cm³/mol. The average Bonchev–Trinajstić information content (AvgIpc) is 2.64. The largest absolute Gasteiger partial charge is 0.373 e. The van der Waals surface area contributed by atoms with Gasteiger partial charge in [0.15, 0.2) is 0 Å². The highest BCUT2D eigenvalue weighted by molar-refractivity contribution is 5.82. The van der Waals surface area contributed by atoms with Gasteiger partial charge >= 0.3 is 0 Å². The quantitative estimate of drug-likeness (QED) is 0.820. The van der Waals surface area contributed by atoms with Crippen molar-refractivity contribution in [2.24, 2.45) is 11.3 Å². The van der Waals surface area contributed by atoms with Crippen LogP contribution in [0.2, 0.25) is 0 Å². The highest BCUT2D eigenvalue weighted by Crippen LogP contribution is 2.35. The van der Waals surface area contributed by atoms with E-state index in [9.17, 15) is 4.79 Å². The van der Waals surface area contributed by atoms with E-state index in [0.717, 1.165) is 0 Å². The molecule has 19 heavy (non-hydrogen) atoms. The Labute approximate surface area is 114 Å². The number of rotatable bonds is 5. The van der Waals surface area contributed by atoms with Crippen LogP contribution in [0.25, 0.3) is 0 Å². The van der Waals surface area contributed by atoms with Crippen LogP contribution < -0.4 is 0 Å². The van der Waals surface area contributed by atoms with Crippen molar-refractivity contribution < 1.29 is 14.1 Å². The molecule has 0 fully saturated rings. The molecule has 0 radical (unpaired) electrons. The first-order valence-electron chi connectivity index (χ1n) is 6.55. The maximum Gasteiger partial charge on any atom is 0.237 e. The van der Waals surface area contributed by atoms with Gasteiger partial charge in [-0.1, -0.05) is 39.8 Å². The van der Waals surface area contributed by atoms with Crippen LogP contribution in [-0.2, 0) is 9.53 Å². The topological polar surface area (TPSA) is 65.2 Å². The van der Waals surface area contributed by atoms with E-state index in [1.807, 2.05) is 34.6 Å². The summed E-state index contributed by atoms with van der Waals surface area (Å²) in [4.78, 5) is 16.0. The van der Waals surface area contributed by atoms with Crippen molar-refractivity contribution in [3.63, 3.8) is 0 Å². The van der Waals surface area contributed by atoms with Crippen molar-refractivity contribution in [3.8, 4) is 0 Å². The number of nitrogens with zero attached hydrogens (tertiary/aromatic N) is 2. The van der Waals surface area contributed by atoms with E-state index in [0.29, 0.717) is 11.7 Å². The van der Waals surface area contributed by atoms with Gasteiger partial charge in [0.25, 0.3) is 0 Å². The van der Waals surface area contributed by atoms with Gasteiger partial charge < -0.3 is 9.26 Å². The maximum absolute atomic E-state index is 11.7. The monoisotopic (exact) mass is 268 g/mol. The first-order chi connectivity index (χ1) is 8.68. The van der Waals surface area contributed by atoms with Crippen LogP contribution in [-0.4, -0.2) is 23.0 Å². The van der Waals surface area contributed by atoms with Crippen LogP contribution in [0.1, 0.15) is 65.3 Å². The summed E-state index contributed by atoms with van der Waals surface area (Å²) in [6, 6.07) is 0. The van der Waals surface area contributed by atoms with Crippen molar-refractivity contribution in [2.45, 2.75) is 53.6 Å². The lowest BCUT2D eigenvalue weighted by molar-refractivity contribution is -0.119. The molecule has 1 aromatic rings. The van der Waals surface area contributed by atoms with Crippen LogP contribution in [0.5, 0.6) is 0 Å².